The highest BCUT2D eigenvalue weighted by atomic mass is 32.2. The summed E-state index contributed by atoms with van der Waals surface area (Å²) in [4.78, 5) is 11.0. The average molecular weight is 253 g/mol. The van der Waals surface area contributed by atoms with E-state index >= 15 is 0 Å². The molecule has 4 rings (SSSR count). The first kappa shape index (κ1) is 11.8. The summed E-state index contributed by atoms with van der Waals surface area (Å²) in [6, 6.07) is 0. The highest BCUT2D eigenvalue weighted by Crippen LogP contribution is 2.61. The molecule has 4 aliphatic rings. The lowest BCUT2D eigenvalue weighted by atomic mass is 9.50. The Kier molecular flexibility index (Phi) is 2.65. The lowest BCUT2D eigenvalue weighted by Crippen LogP contribution is -2.60. The fourth-order valence-electron chi connectivity index (χ4n) is 4.88. The van der Waals surface area contributed by atoms with Crippen LogP contribution < -0.4 is 5.14 Å². The summed E-state index contributed by atoms with van der Waals surface area (Å²) in [7, 11) is 0. The van der Waals surface area contributed by atoms with Gasteiger partial charge in [0, 0.05) is 30.6 Å². The molecule has 0 aromatic rings. The fraction of sp³-hybridized carbons (Fsp3) is 0.769. The Morgan fingerprint density at radius 2 is 1.94 bits per heavy atom. The van der Waals surface area contributed by atoms with Gasteiger partial charge in [0.2, 0.25) is 0 Å². The summed E-state index contributed by atoms with van der Waals surface area (Å²) in [5, 5.41) is 5.73. The van der Waals surface area contributed by atoms with E-state index in [0.717, 1.165) is 31.1 Å². The van der Waals surface area contributed by atoms with E-state index in [9.17, 15) is 9.35 Å². The molecule has 3 atom stereocenters. The van der Waals surface area contributed by atoms with Crippen LogP contribution in [0.25, 0.3) is 0 Å². The predicted molar refractivity (Wildman–Crippen MR) is 67.3 cm³/mol. The van der Waals surface area contributed by atoms with Crippen molar-refractivity contribution in [1.29, 1.82) is 0 Å². The molecule has 4 aliphatic carbocycles. The molecular formula is C13H19NO2S. The van der Waals surface area contributed by atoms with E-state index in [1.165, 1.54) is 12.8 Å². The Bertz CT molecular complexity index is 352. The minimum atomic E-state index is -1.22. The molecule has 0 unspecified atom stereocenters. The number of hydrogen-bond donors (Lipinski definition) is 1. The molecule has 0 heterocycles. The monoisotopic (exact) mass is 253 g/mol. The number of nitrogens with two attached hydrogens (primary N) is 1. The molecular weight excluding hydrogens is 234 g/mol. The molecule has 4 saturated carbocycles. The zero-order chi connectivity index (χ0) is 12.2. The van der Waals surface area contributed by atoms with Gasteiger partial charge >= 0.3 is 0 Å². The van der Waals surface area contributed by atoms with Gasteiger partial charge in [-0.25, -0.2) is 0 Å². The molecule has 4 bridgehead atoms. The van der Waals surface area contributed by atoms with E-state index in [2.05, 4.69) is 6.58 Å². The van der Waals surface area contributed by atoms with Crippen LogP contribution in [0.15, 0.2) is 12.2 Å². The third-order valence-corrected chi connectivity index (χ3v) is 6.58. The van der Waals surface area contributed by atoms with E-state index in [4.69, 9.17) is 5.14 Å². The topological polar surface area (TPSA) is 66.2 Å². The smallest absolute Gasteiger partial charge is 0.145 e. The summed E-state index contributed by atoms with van der Waals surface area (Å²) in [5.74, 6) is 1.99. The second-order valence-electron chi connectivity index (χ2n) is 6.17. The molecule has 0 radical (unpaired) electrons. The van der Waals surface area contributed by atoms with Crippen LogP contribution in [0, 0.1) is 23.7 Å². The van der Waals surface area contributed by atoms with Crippen molar-refractivity contribution in [1.82, 2.24) is 0 Å². The van der Waals surface area contributed by atoms with E-state index in [1.807, 2.05) is 0 Å². The highest BCUT2D eigenvalue weighted by molar-refractivity contribution is 7.90. The maximum absolute atomic E-state index is 11.8. The second kappa shape index (κ2) is 3.84. The minimum Gasteiger partial charge on any atom is -0.598 e. The SMILES string of the molecule is C=C(C=O)C1[C@H]2CC3C[C@H]1CC([S@@+](N)[O-])(C3)C2. The lowest BCUT2D eigenvalue weighted by Gasteiger charge is -2.58. The number of aldehydes is 1. The maximum Gasteiger partial charge on any atom is 0.145 e. The van der Waals surface area contributed by atoms with Crippen molar-refractivity contribution in [3.05, 3.63) is 12.2 Å². The third kappa shape index (κ3) is 1.61. The molecule has 4 fully saturated rings. The standard InChI is InChI=1S/C13H19NO2S/c1-8(7-15)12-10-2-9-3-11(12)6-13(4-9,5-10)17(14)16/h7,9-12H,1-6,14H2/t9?,10-,11-,12?,13?,17-/m0/s1. The molecule has 0 aliphatic heterocycles. The van der Waals surface area contributed by atoms with Gasteiger partial charge in [-0.1, -0.05) is 6.58 Å². The first-order valence-corrected chi connectivity index (χ1v) is 7.57. The van der Waals surface area contributed by atoms with Gasteiger partial charge in [-0.05, 0) is 42.1 Å². The summed E-state index contributed by atoms with van der Waals surface area (Å²) < 4.78 is 11.7. The van der Waals surface area contributed by atoms with Crippen molar-refractivity contribution >= 4 is 17.6 Å². The van der Waals surface area contributed by atoms with E-state index in [0.29, 0.717) is 23.7 Å². The molecule has 0 spiro atoms. The number of hydrogen-bond acceptors (Lipinski definition) is 3. The zero-order valence-corrected chi connectivity index (χ0v) is 10.7. The van der Waals surface area contributed by atoms with Crippen LogP contribution in [-0.4, -0.2) is 15.6 Å². The summed E-state index contributed by atoms with van der Waals surface area (Å²) in [6.07, 6.45) is 6.16. The fourth-order valence-corrected chi connectivity index (χ4v) is 6.04. The summed E-state index contributed by atoms with van der Waals surface area (Å²) in [6.45, 7) is 3.91. The first-order chi connectivity index (χ1) is 8.05. The van der Waals surface area contributed by atoms with Crippen molar-refractivity contribution in [2.24, 2.45) is 28.8 Å². The lowest BCUT2D eigenvalue weighted by molar-refractivity contribution is -0.106. The van der Waals surface area contributed by atoms with Gasteiger partial charge in [0.1, 0.15) is 11.0 Å². The summed E-state index contributed by atoms with van der Waals surface area (Å²) in [5.41, 5.74) is 0.747. The van der Waals surface area contributed by atoms with Crippen LogP contribution >= 0.6 is 0 Å². The third-order valence-electron chi connectivity index (χ3n) is 5.22. The molecule has 0 saturated heterocycles. The van der Waals surface area contributed by atoms with Crippen molar-refractivity contribution in [2.45, 2.75) is 36.9 Å². The van der Waals surface area contributed by atoms with Crippen LogP contribution in [0.3, 0.4) is 0 Å². The van der Waals surface area contributed by atoms with Crippen molar-refractivity contribution < 1.29 is 9.35 Å². The maximum atomic E-state index is 11.8. The molecule has 0 aromatic heterocycles. The number of carbonyl (C=O) groups is 1. The largest absolute Gasteiger partial charge is 0.598 e. The molecule has 94 valence electrons. The van der Waals surface area contributed by atoms with Crippen LogP contribution in [0.2, 0.25) is 0 Å². The van der Waals surface area contributed by atoms with Gasteiger partial charge < -0.3 is 4.55 Å². The average Bonchev–Trinajstić information content (AvgIpc) is 2.27. The molecule has 4 heteroatoms. The Morgan fingerprint density at radius 1 is 1.35 bits per heavy atom. The molecule has 3 nitrogen and oxygen atoms in total. The van der Waals surface area contributed by atoms with Gasteiger partial charge in [-0.15, -0.1) is 0 Å². The first-order valence-electron chi connectivity index (χ1n) is 6.36. The number of allylic oxidation sites excluding steroid dienone is 1. The summed E-state index contributed by atoms with van der Waals surface area (Å²) >= 11 is -1.22. The zero-order valence-electron chi connectivity index (χ0n) is 9.93. The second-order valence-corrected chi connectivity index (χ2v) is 7.63. The van der Waals surface area contributed by atoms with Crippen LogP contribution in [0.4, 0.5) is 0 Å². The molecule has 2 N–H and O–H groups in total. The van der Waals surface area contributed by atoms with E-state index in [-0.39, 0.29) is 4.75 Å². The molecule has 17 heavy (non-hydrogen) atoms. The van der Waals surface area contributed by atoms with Crippen LogP contribution in [0.5, 0.6) is 0 Å². The Morgan fingerprint density at radius 3 is 2.41 bits per heavy atom. The van der Waals surface area contributed by atoms with Crippen LogP contribution in [-0.2, 0) is 16.2 Å². The molecule has 0 amide bonds. The van der Waals surface area contributed by atoms with Crippen molar-refractivity contribution in [3.63, 3.8) is 0 Å². The van der Waals surface area contributed by atoms with Gasteiger partial charge in [0.05, 0.1) is 0 Å². The van der Waals surface area contributed by atoms with Crippen LogP contribution in [0.1, 0.15) is 32.1 Å². The van der Waals surface area contributed by atoms with Gasteiger partial charge in [-0.2, -0.15) is 5.14 Å². The van der Waals surface area contributed by atoms with E-state index in [1.54, 1.807) is 0 Å². The van der Waals surface area contributed by atoms with Crippen molar-refractivity contribution in [2.75, 3.05) is 0 Å². The quantitative estimate of drug-likeness (QED) is 0.471. The normalized spacial score (nSPS) is 49.1. The predicted octanol–water partition coefficient (Wildman–Crippen LogP) is 1.56. The Balaban J connectivity index is 1.90. The van der Waals surface area contributed by atoms with Gasteiger partial charge in [-0.3, -0.25) is 4.79 Å². The van der Waals surface area contributed by atoms with Gasteiger partial charge in [0.15, 0.2) is 0 Å². The van der Waals surface area contributed by atoms with Gasteiger partial charge in [0.25, 0.3) is 0 Å². The number of carbonyl (C=O) groups excluding carboxylic acids is 1. The minimum absolute atomic E-state index is 0.143. The van der Waals surface area contributed by atoms with Crippen molar-refractivity contribution in [3.8, 4) is 0 Å². The molecule has 0 aromatic carbocycles. The highest BCUT2D eigenvalue weighted by Gasteiger charge is 2.60. The number of rotatable bonds is 3. The van der Waals surface area contributed by atoms with E-state index < -0.39 is 11.4 Å². The Labute approximate surface area is 105 Å². The Hall–Kier alpha value is -0.320.